The van der Waals surface area contributed by atoms with Crippen LogP contribution in [0.4, 0.5) is 0 Å². The van der Waals surface area contributed by atoms with Crippen LogP contribution in [0.1, 0.15) is 6.92 Å². The zero-order valence-electron chi connectivity index (χ0n) is 8.27. The number of benzene rings is 1. The second kappa shape index (κ2) is 4.25. The summed E-state index contributed by atoms with van der Waals surface area (Å²) in [7, 11) is -3.62. The molecule has 0 unspecified atom stereocenters. The molecule has 2 aromatic rings. The Bertz CT molecular complexity index is 623. The lowest BCUT2D eigenvalue weighted by molar-refractivity contribution is 0.585. The van der Waals surface area contributed by atoms with Crippen molar-refractivity contribution in [1.29, 1.82) is 0 Å². The van der Waals surface area contributed by atoms with E-state index in [-0.39, 0.29) is 9.92 Å². The van der Waals surface area contributed by atoms with E-state index in [4.69, 9.17) is 11.6 Å². The van der Waals surface area contributed by atoms with Gasteiger partial charge in [0.2, 0.25) is 10.0 Å². The Morgan fingerprint density at radius 3 is 2.88 bits per heavy atom. The first-order valence-corrected chi connectivity index (χ1v) is 7.06. The number of rotatable bonds is 3. The lowest BCUT2D eigenvalue weighted by Gasteiger charge is -2.06. The Labute approximate surface area is 102 Å². The summed E-state index contributed by atoms with van der Waals surface area (Å²) in [6.45, 7) is 2.00. The molecule has 2 rings (SSSR count). The Hall–Kier alpha value is -0.760. The largest absolute Gasteiger partial charge is 0.244 e. The van der Waals surface area contributed by atoms with Crippen LogP contribution in [0.25, 0.3) is 11.0 Å². The summed E-state index contributed by atoms with van der Waals surface area (Å²) in [4.78, 5) is 0.00210. The van der Waals surface area contributed by atoms with Crippen molar-refractivity contribution in [3.05, 3.63) is 17.2 Å². The molecule has 0 spiro atoms. The van der Waals surface area contributed by atoms with E-state index in [2.05, 4.69) is 13.5 Å². The van der Waals surface area contributed by atoms with Crippen LogP contribution >= 0.6 is 23.3 Å². The number of aromatic nitrogens is 2. The molecule has 0 aliphatic carbocycles. The van der Waals surface area contributed by atoms with Crippen molar-refractivity contribution in [3.63, 3.8) is 0 Å². The number of fused-ring (bicyclic) bond motifs is 1. The van der Waals surface area contributed by atoms with E-state index in [0.29, 0.717) is 17.6 Å². The zero-order valence-corrected chi connectivity index (χ0v) is 10.7. The Kier molecular flexibility index (Phi) is 3.11. The van der Waals surface area contributed by atoms with Gasteiger partial charge < -0.3 is 0 Å². The van der Waals surface area contributed by atoms with Gasteiger partial charge in [0.05, 0.1) is 16.8 Å². The van der Waals surface area contributed by atoms with Crippen molar-refractivity contribution in [2.24, 2.45) is 0 Å². The summed E-state index contributed by atoms with van der Waals surface area (Å²) in [6.07, 6.45) is 0. The maximum absolute atomic E-state index is 11.9. The lowest BCUT2D eigenvalue weighted by Crippen LogP contribution is -2.23. The number of halogens is 1. The van der Waals surface area contributed by atoms with Crippen LogP contribution in [0.15, 0.2) is 17.0 Å². The highest BCUT2D eigenvalue weighted by molar-refractivity contribution is 7.89. The average molecular weight is 278 g/mol. The van der Waals surface area contributed by atoms with Crippen LogP contribution in [0.3, 0.4) is 0 Å². The molecular weight excluding hydrogens is 270 g/mol. The van der Waals surface area contributed by atoms with E-state index in [1.165, 1.54) is 6.07 Å². The molecule has 0 atom stereocenters. The maximum Gasteiger partial charge on any atom is 0.244 e. The third-order valence-electron chi connectivity index (χ3n) is 1.94. The molecular formula is C8H8ClN3O2S2. The third kappa shape index (κ3) is 1.91. The average Bonchev–Trinajstić information content (AvgIpc) is 2.64. The van der Waals surface area contributed by atoms with Crippen molar-refractivity contribution in [2.45, 2.75) is 11.8 Å². The summed E-state index contributed by atoms with van der Waals surface area (Å²) in [6, 6.07) is 3.15. The standard InChI is InChI=1S/C8H8ClN3O2S2/c1-2-10-16(13,14)8-5(9)3-4-6-7(8)12-15-11-6/h3-4,10H,2H2,1H3. The van der Waals surface area contributed by atoms with Gasteiger partial charge in [0.25, 0.3) is 0 Å². The summed E-state index contributed by atoms with van der Waals surface area (Å²) in [5.41, 5.74) is 0.851. The van der Waals surface area contributed by atoms with Crippen molar-refractivity contribution in [2.75, 3.05) is 6.54 Å². The Balaban J connectivity index is 2.76. The number of nitrogens with one attached hydrogen (secondary N) is 1. The molecule has 86 valence electrons. The summed E-state index contributed by atoms with van der Waals surface area (Å²) < 4.78 is 34.1. The molecule has 0 saturated carbocycles. The topological polar surface area (TPSA) is 72.0 Å². The molecule has 0 aliphatic heterocycles. The van der Waals surface area contributed by atoms with E-state index >= 15 is 0 Å². The maximum atomic E-state index is 11.9. The molecule has 8 heteroatoms. The molecule has 0 fully saturated rings. The van der Waals surface area contributed by atoms with E-state index < -0.39 is 10.0 Å². The predicted molar refractivity (Wildman–Crippen MR) is 63.3 cm³/mol. The van der Waals surface area contributed by atoms with E-state index in [1.807, 2.05) is 0 Å². The number of sulfonamides is 1. The quantitative estimate of drug-likeness (QED) is 0.926. The molecule has 0 aliphatic rings. The number of hydrogen-bond donors (Lipinski definition) is 1. The van der Waals surface area contributed by atoms with Crippen LogP contribution in [-0.4, -0.2) is 23.7 Å². The van der Waals surface area contributed by atoms with Gasteiger partial charge in [0.15, 0.2) is 0 Å². The SMILES string of the molecule is CCNS(=O)(=O)c1c(Cl)ccc2nsnc12. The van der Waals surface area contributed by atoms with Gasteiger partial charge in [-0.15, -0.1) is 0 Å². The highest BCUT2D eigenvalue weighted by Gasteiger charge is 2.22. The fraction of sp³-hybridized carbons (Fsp3) is 0.250. The smallest absolute Gasteiger partial charge is 0.211 e. The van der Waals surface area contributed by atoms with Gasteiger partial charge in [0, 0.05) is 6.54 Å². The van der Waals surface area contributed by atoms with Gasteiger partial charge >= 0.3 is 0 Å². The fourth-order valence-corrected chi connectivity index (χ4v) is 3.63. The van der Waals surface area contributed by atoms with E-state index in [0.717, 1.165) is 11.7 Å². The summed E-state index contributed by atoms with van der Waals surface area (Å²) in [5.74, 6) is 0. The minimum Gasteiger partial charge on any atom is -0.211 e. The van der Waals surface area contributed by atoms with E-state index in [9.17, 15) is 8.42 Å². The minimum atomic E-state index is -3.62. The number of hydrogen-bond acceptors (Lipinski definition) is 5. The lowest BCUT2D eigenvalue weighted by atomic mass is 10.3. The second-order valence-electron chi connectivity index (χ2n) is 3.01. The molecule has 1 N–H and O–H groups in total. The second-order valence-corrected chi connectivity index (χ2v) is 5.65. The molecule has 0 radical (unpaired) electrons. The van der Waals surface area contributed by atoms with Gasteiger partial charge in [-0.1, -0.05) is 18.5 Å². The fourth-order valence-electron chi connectivity index (χ4n) is 1.32. The molecule has 1 aromatic heterocycles. The predicted octanol–water partition coefficient (Wildman–Crippen LogP) is 1.64. The summed E-state index contributed by atoms with van der Waals surface area (Å²) >= 11 is 6.86. The van der Waals surface area contributed by atoms with Crippen molar-refractivity contribution in [1.82, 2.24) is 13.5 Å². The van der Waals surface area contributed by atoms with Crippen LogP contribution in [0.5, 0.6) is 0 Å². The zero-order chi connectivity index (χ0) is 11.8. The molecule has 0 amide bonds. The minimum absolute atomic E-state index is 0.00210. The Morgan fingerprint density at radius 1 is 1.44 bits per heavy atom. The molecule has 1 aromatic carbocycles. The van der Waals surface area contributed by atoms with Gasteiger partial charge in [-0.3, -0.25) is 0 Å². The molecule has 1 heterocycles. The monoisotopic (exact) mass is 277 g/mol. The normalized spacial score (nSPS) is 12.1. The van der Waals surface area contributed by atoms with Gasteiger partial charge in [0.1, 0.15) is 15.9 Å². The van der Waals surface area contributed by atoms with Crippen LogP contribution < -0.4 is 4.72 Å². The van der Waals surface area contributed by atoms with Gasteiger partial charge in [-0.2, -0.15) is 8.75 Å². The van der Waals surface area contributed by atoms with Crippen LogP contribution in [0.2, 0.25) is 5.02 Å². The number of nitrogens with zero attached hydrogens (tertiary/aromatic N) is 2. The van der Waals surface area contributed by atoms with E-state index in [1.54, 1.807) is 13.0 Å². The molecule has 0 saturated heterocycles. The molecule has 0 bridgehead atoms. The first-order chi connectivity index (χ1) is 7.56. The van der Waals surface area contributed by atoms with Gasteiger partial charge in [-0.05, 0) is 12.1 Å². The highest BCUT2D eigenvalue weighted by atomic mass is 35.5. The van der Waals surface area contributed by atoms with Crippen LogP contribution in [0, 0.1) is 0 Å². The summed E-state index contributed by atoms with van der Waals surface area (Å²) in [5, 5.41) is 0.154. The third-order valence-corrected chi connectivity index (χ3v) is 4.53. The molecule has 5 nitrogen and oxygen atoms in total. The van der Waals surface area contributed by atoms with Crippen molar-refractivity contribution < 1.29 is 8.42 Å². The molecule has 16 heavy (non-hydrogen) atoms. The Morgan fingerprint density at radius 2 is 2.19 bits per heavy atom. The van der Waals surface area contributed by atoms with Gasteiger partial charge in [-0.25, -0.2) is 13.1 Å². The van der Waals surface area contributed by atoms with Crippen LogP contribution in [-0.2, 0) is 10.0 Å². The van der Waals surface area contributed by atoms with Crippen molar-refractivity contribution >= 4 is 44.4 Å². The first-order valence-electron chi connectivity index (χ1n) is 4.46. The van der Waals surface area contributed by atoms with Crippen molar-refractivity contribution in [3.8, 4) is 0 Å². The first kappa shape index (κ1) is 11.7. The highest BCUT2D eigenvalue weighted by Crippen LogP contribution is 2.28.